The van der Waals surface area contributed by atoms with Crippen LogP contribution in [0.25, 0.3) is 0 Å². The van der Waals surface area contributed by atoms with Crippen LogP contribution in [0.2, 0.25) is 0 Å². The molecule has 7 N–H and O–H groups in total. The summed E-state index contributed by atoms with van der Waals surface area (Å²) in [6.07, 6.45) is 0.228. The molecule has 0 saturated carbocycles. The van der Waals surface area contributed by atoms with Crippen molar-refractivity contribution >= 4 is 22.6 Å². The van der Waals surface area contributed by atoms with E-state index in [2.05, 4.69) is 52.4 Å². The molecule has 2 unspecified atom stereocenters. The normalized spacial score (nSPS) is 17.8. The van der Waals surface area contributed by atoms with E-state index >= 15 is 0 Å². The van der Waals surface area contributed by atoms with Crippen LogP contribution in [0.3, 0.4) is 0 Å². The Labute approximate surface area is 99.9 Å². The van der Waals surface area contributed by atoms with Gasteiger partial charge in [-0.15, -0.1) is 0 Å². The standard InChI is InChI=1S/C8H22IN5/c1-7(12-5-3-10)14-8(2,9)13-6-4-11/h7,12-14H,3-6,10-11H2,1-2H3. The Hall–Kier alpha value is 0.530. The zero-order valence-electron chi connectivity index (χ0n) is 8.94. The first-order chi connectivity index (χ1) is 6.52. The van der Waals surface area contributed by atoms with Gasteiger partial charge in [-0.25, -0.2) is 0 Å². The lowest BCUT2D eigenvalue weighted by atomic mass is 10.4. The zero-order valence-corrected chi connectivity index (χ0v) is 11.1. The van der Waals surface area contributed by atoms with Gasteiger partial charge in [0.1, 0.15) is 3.67 Å². The molecule has 0 fully saturated rings. The molecule has 6 heteroatoms. The first-order valence-electron chi connectivity index (χ1n) is 4.87. The molecule has 0 aromatic heterocycles. The fraction of sp³-hybridized carbons (Fsp3) is 1.00. The monoisotopic (exact) mass is 315 g/mol. The van der Waals surface area contributed by atoms with Crippen LogP contribution < -0.4 is 27.4 Å². The summed E-state index contributed by atoms with van der Waals surface area (Å²) >= 11 is 2.32. The van der Waals surface area contributed by atoms with Crippen LogP contribution in [0.4, 0.5) is 0 Å². The van der Waals surface area contributed by atoms with Gasteiger partial charge in [-0.05, 0) is 36.4 Å². The van der Waals surface area contributed by atoms with Gasteiger partial charge in [0.05, 0.1) is 6.17 Å². The average Bonchev–Trinajstić information content (AvgIpc) is 2.11. The van der Waals surface area contributed by atoms with E-state index < -0.39 is 0 Å². The third-order valence-corrected chi connectivity index (χ3v) is 2.38. The van der Waals surface area contributed by atoms with Crippen molar-refractivity contribution in [2.75, 3.05) is 26.2 Å². The summed E-state index contributed by atoms with van der Waals surface area (Å²) in [6.45, 7) is 7.06. The Kier molecular flexibility index (Phi) is 8.07. The molecule has 0 aliphatic carbocycles. The van der Waals surface area contributed by atoms with Crippen LogP contribution in [-0.2, 0) is 0 Å². The van der Waals surface area contributed by atoms with Crippen LogP contribution in [-0.4, -0.2) is 36.0 Å². The lowest BCUT2D eigenvalue weighted by Gasteiger charge is -2.30. The van der Waals surface area contributed by atoms with Gasteiger partial charge in [0.15, 0.2) is 0 Å². The van der Waals surface area contributed by atoms with Crippen molar-refractivity contribution in [1.82, 2.24) is 16.0 Å². The highest BCUT2D eigenvalue weighted by atomic mass is 127. The van der Waals surface area contributed by atoms with Crippen molar-refractivity contribution in [2.24, 2.45) is 11.5 Å². The Morgan fingerprint density at radius 3 is 2.36 bits per heavy atom. The van der Waals surface area contributed by atoms with Gasteiger partial charge >= 0.3 is 0 Å². The second-order valence-electron chi connectivity index (χ2n) is 3.33. The number of hydrogen-bond donors (Lipinski definition) is 5. The first-order valence-corrected chi connectivity index (χ1v) is 5.95. The summed E-state index contributed by atoms with van der Waals surface area (Å²) in [5, 5.41) is 9.93. The third-order valence-electron chi connectivity index (χ3n) is 1.68. The van der Waals surface area contributed by atoms with Crippen LogP contribution in [0.5, 0.6) is 0 Å². The Balaban J connectivity index is 3.70. The predicted molar refractivity (Wildman–Crippen MR) is 69.1 cm³/mol. The van der Waals surface area contributed by atoms with Gasteiger partial charge in [-0.1, -0.05) is 0 Å². The molecule has 0 spiro atoms. The fourth-order valence-corrected chi connectivity index (χ4v) is 1.85. The van der Waals surface area contributed by atoms with Crippen LogP contribution in [0.1, 0.15) is 13.8 Å². The van der Waals surface area contributed by atoms with E-state index in [1.54, 1.807) is 0 Å². The Morgan fingerprint density at radius 2 is 1.86 bits per heavy atom. The first kappa shape index (κ1) is 14.5. The second-order valence-corrected chi connectivity index (χ2v) is 5.48. The lowest BCUT2D eigenvalue weighted by molar-refractivity contribution is 0.353. The number of hydrogen-bond acceptors (Lipinski definition) is 5. The van der Waals surface area contributed by atoms with Crippen molar-refractivity contribution in [3.63, 3.8) is 0 Å². The highest BCUT2D eigenvalue weighted by molar-refractivity contribution is 14.1. The van der Waals surface area contributed by atoms with Crippen LogP contribution in [0.15, 0.2) is 0 Å². The van der Waals surface area contributed by atoms with Gasteiger partial charge in [0, 0.05) is 26.2 Å². The number of nitrogens with two attached hydrogens (primary N) is 2. The van der Waals surface area contributed by atoms with E-state index in [-0.39, 0.29) is 9.84 Å². The molecule has 0 radical (unpaired) electrons. The second kappa shape index (κ2) is 7.77. The molecule has 0 saturated heterocycles. The van der Waals surface area contributed by atoms with Crippen LogP contribution >= 0.6 is 22.6 Å². The highest BCUT2D eigenvalue weighted by Gasteiger charge is 2.19. The molecule has 14 heavy (non-hydrogen) atoms. The number of alkyl halides is 1. The average molecular weight is 315 g/mol. The molecular formula is C8H22IN5. The van der Waals surface area contributed by atoms with Crippen molar-refractivity contribution in [3.8, 4) is 0 Å². The third kappa shape index (κ3) is 7.89. The maximum absolute atomic E-state index is 5.42. The maximum atomic E-state index is 5.42. The minimum Gasteiger partial charge on any atom is -0.329 e. The Bertz CT molecular complexity index is 142. The van der Waals surface area contributed by atoms with Crippen molar-refractivity contribution in [3.05, 3.63) is 0 Å². The van der Waals surface area contributed by atoms with Gasteiger partial charge < -0.3 is 16.8 Å². The highest BCUT2D eigenvalue weighted by Crippen LogP contribution is 2.09. The van der Waals surface area contributed by atoms with E-state index in [9.17, 15) is 0 Å². The summed E-state index contributed by atoms with van der Waals surface area (Å²) in [5.74, 6) is 0. The molecule has 0 aromatic rings. The van der Waals surface area contributed by atoms with Crippen LogP contribution in [0, 0.1) is 0 Å². The smallest absolute Gasteiger partial charge is 0.120 e. The van der Waals surface area contributed by atoms with Gasteiger partial charge in [0.2, 0.25) is 0 Å². The van der Waals surface area contributed by atoms with Gasteiger partial charge in [-0.3, -0.25) is 10.6 Å². The minimum atomic E-state index is -0.141. The molecule has 0 bridgehead atoms. The zero-order chi connectivity index (χ0) is 11.0. The number of nitrogens with one attached hydrogen (secondary N) is 3. The summed E-state index contributed by atoms with van der Waals surface area (Å²) < 4.78 is -0.141. The van der Waals surface area contributed by atoms with E-state index in [4.69, 9.17) is 11.5 Å². The molecule has 5 nitrogen and oxygen atoms in total. The summed E-state index contributed by atoms with van der Waals surface area (Å²) in [4.78, 5) is 0. The van der Waals surface area contributed by atoms with Gasteiger partial charge in [-0.2, -0.15) is 0 Å². The van der Waals surface area contributed by atoms with Gasteiger partial charge in [0.25, 0.3) is 0 Å². The fourth-order valence-electron chi connectivity index (χ4n) is 1.12. The van der Waals surface area contributed by atoms with E-state index in [0.29, 0.717) is 13.1 Å². The summed E-state index contributed by atoms with van der Waals surface area (Å²) in [6, 6.07) is 0. The Morgan fingerprint density at radius 1 is 1.29 bits per heavy atom. The molecule has 86 valence electrons. The molecular weight excluding hydrogens is 293 g/mol. The van der Waals surface area contributed by atoms with E-state index in [1.165, 1.54) is 0 Å². The molecule has 0 aliphatic rings. The molecule has 0 amide bonds. The topological polar surface area (TPSA) is 88.1 Å². The van der Waals surface area contributed by atoms with E-state index in [0.717, 1.165) is 13.1 Å². The molecule has 2 atom stereocenters. The van der Waals surface area contributed by atoms with Crippen molar-refractivity contribution < 1.29 is 0 Å². The molecule has 0 aromatic carbocycles. The predicted octanol–water partition coefficient (Wildman–Crippen LogP) is -0.873. The van der Waals surface area contributed by atoms with Crippen molar-refractivity contribution in [2.45, 2.75) is 23.7 Å². The summed E-state index contributed by atoms with van der Waals surface area (Å²) in [5.41, 5.74) is 10.8. The summed E-state index contributed by atoms with van der Waals surface area (Å²) in [7, 11) is 0. The van der Waals surface area contributed by atoms with E-state index in [1.807, 2.05) is 0 Å². The number of rotatable bonds is 8. The maximum Gasteiger partial charge on any atom is 0.120 e. The number of halogens is 1. The largest absolute Gasteiger partial charge is 0.329 e. The minimum absolute atomic E-state index is 0.141. The molecule has 0 rings (SSSR count). The molecule has 0 aliphatic heterocycles. The lowest BCUT2D eigenvalue weighted by Crippen LogP contribution is -2.57. The quantitative estimate of drug-likeness (QED) is 0.174. The van der Waals surface area contributed by atoms with Crippen molar-refractivity contribution in [1.29, 1.82) is 0 Å². The SMILES string of the molecule is CC(NCCN)NC(C)(I)NCCN. The molecule has 0 heterocycles.